The second-order valence-electron chi connectivity index (χ2n) is 5.08. The number of alkyl halides is 2. The molecule has 0 bridgehead atoms. The maximum absolute atomic E-state index is 6.23. The van der Waals surface area contributed by atoms with Crippen molar-refractivity contribution in [2.24, 2.45) is 5.92 Å². The van der Waals surface area contributed by atoms with Gasteiger partial charge in [0, 0.05) is 11.8 Å². The zero-order valence-electron chi connectivity index (χ0n) is 9.18. The molecule has 0 aromatic heterocycles. The van der Waals surface area contributed by atoms with Crippen molar-refractivity contribution in [2.75, 3.05) is 11.8 Å². The zero-order valence-corrected chi connectivity index (χ0v) is 10.7. The predicted octanol–water partition coefficient (Wildman–Crippen LogP) is 3.96. The Morgan fingerprint density at radius 2 is 1.80 bits per heavy atom. The molecule has 1 saturated carbocycles. The van der Waals surface area contributed by atoms with Crippen LogP contribution in [0.2, 0.25) is 0 Å². The molecule has 1 unspecified atom stereocenters. The van der Waals surface area contributed by atoms with Gasteiger partial charge in [0.2, 0.25) is 0 Å². The molecule has 0 amide bonds. The van der Waals surface area contributed by atoms with E-state index in [1.165, 1.54) is 38.5 Å². The van der Waals surface area contributed by atoms with Crippen LogP contribution in [0.3, 0.4) is 0 Å². The number of halogens is 2. The molecule has 15 heavy (non-hydrogen) atoms. The Labute approximate surface area is 102 Å². The summed E-state index contributed by atoms with van der Waals surface area (Å²) in [6.45, 7) is 0. The van der Waals surface area contributed by atoms with Gasteiger partial charge in [0.05, 0.1) is 11.7 Å². The van der Waals surface area contributed by atoms with Crippen LogP contribution in [0.4, 0.5) is 0 Å². The summed E-state index contributed by atoms with van der Waals surface area (Å²) in [5.74, 6) is 1.75. The van der Waals surface area contributed by atoms with Gasteiger partial charge in [-0.1, -0.05) is 12.8 Å². The number of rotatable bonds is 4. The fourth-order valence-electron chi connectivity index (χ4n) is 2.99. The maximum atomic E-state index is 6.23. The maximum Gasteiger partial charge on any atom is 0.0687 e. The smallest absolute Gasteiger partial charge is 0.0687 e. The molecule has 88 valence electrons. The van der Waals surface area contributed by atoms with Crippen molar-refractivity contribution >= 4 is 23.2 Å². The molecule has 0 aromatic carbocycles. The van der Waals surface area contributed by atoms with Crippen molar-refractivity contribution in [3.63, 3.8) is 0 Å². The van der Waals surface area contributed by atoms with E-state index < -0.39 is 0 Å². The summed E-state index contributed by atoms with van der Waals surface area (Å²) in [6.07, 6.45) is 9.19. The molecule has 1 aliphatic carbocycles. The Kier molecular flexibility index (Phi) is 4.20. The fraction of sp³-hybridized carbons (Fsp3) is 1.00. The third-order valence-corrected chi connectivity index (χ3v) is 4.76. The van der Waals surface area contributed by atoms with E-state index in [-0.39, 0.29) is 5.60 Å². The Morgan fingerprint density at radius 1 is 1.13 bits per heavy atom. The zero-order chi connectivity index (χ0) is 10.7. The van der Waals surface area contributed by atoms with E-state index in [4.69, 9.17) is 27.9 Å². The van der Waals surface area contributed by atoms with Crippen molar-refractivity contribution < 1.29 is 4.74 Å². The Morgan fingerprint density at radius 3 is 2.40 bits per heavy atom. The van der Waals surface area contributed by atoms with Crippen LogP contribution in [0.1, 0.15) is 44.9 Å². The van der Waals surface area contributed by atoms with Gasteiger partial charge >= 0.3 is 0 Å². The monoisotopic (exact) mass is 250 g/mol. The van der Waals surface area contributed by atoms with Gasteiger partial charge in [0.25, 0.3) is 0 Å². The minimum atomic E-state index is 0.258. The first kappa shape index (κ1) is 12.0. The van der Waals surface area contributed by atoms with Crippen LogP contribution < -0.4 is 0 Å². The van der Waals surface area contributed by atoms with E-state index in [0.717, 1.165) is 6.42 Å². The molecule has 0 aromatic rings. The van der Waals surface area contributed by atoms with Crippen molar-refractivity contribution in [1.82, 2.24) is 0 Å². The van der Waals surface area contributed by atoms with Gasteiger partial charge in [0.15, 0.2) is 0 Å². The number of ether oxygens (including phenoxy) is 1. The average Bonchev–Trinajstić information content (AvgIpc) is 2.87. The lowest BCUT2D eigenvalue weighted by atomic mass is 9.97. The molecule has 1 heterocycles. The van der Waals surface area contributed by atoms with Crippen molar-refractivity contribution in [3.05, 3.63) is 0 Å². The normalized spacial score (nSPS) is 29.4. The van der Waals surface area contributed by atoms with Gasteiger partial charge in [-0.05, 0) is 38.0 Å². The number of hydrogen-bond acceptors (Lipinski definition) is 1. The first-order valence-electron chi connectivity index (χ1n) is 6.08. The third kappa shape index (κ3) is 2.81. The van der Waals surface area contributed by atoms with E-state index in [2.05, 4.69) is 0 Å². The van der Waals surface area contributed by atoms with Gasteiger partial charge in [-0.25, -0.2) is 0 Å². The van der Waals surface area contributed by atoms with E-state index >= 15 is 0 Å². The molecule has 1 spiro atoms. The second kappa shape index (κ2) is 5.25. The summed E-state index contributed by atoms with van der Waals surface area (Å²) in [7, 11) is 0. The van der Waals surface area contributed by atoms with Gasteiger partial charge in [-0.3, -0.25) is 0 Å². The number of hydrogen-bond donors (Lipinski definition) is 0. The highest BCUT2D eigenvalue weighted by atomic mass is 35.5. The largest absolute Gasteiger partial charge is 0.372 e. The summed E-state index contributed by atoms with van der Waals surface area (Å²) in [4.78, 5) is 0. The first-order chi connectivity index (χ1) is 7.28. The molecular formula is C12H20Cl2O. The molecule has 3 heteroatoms. The molecule has 2 rings (SSSR count). The van der Waals surface area contributed by atoms with Gasteiger partial charge in [-0.2, -0.15) is 0 Å². The van der Waals surface area contributed by atoms with Crippen LogP contribution in [-0.2, 0) is 4.74 Å². The Hall–Kier alpha value is 0.540. The van der Waals surface area contributed by atoms with Crippen LogP contribution in [0.15, 0.2) is 0 Å². The van der Waals surface area contributed by atoms with Gasteiger partial charge in [0.1, 0.15) is 0 Å². The fourth-order valence-corrected chi connectivity index (χ4v) is 3.57. The molecule has 1 saturated heterocycles. The summed E-state index contributed by atoms with van der Waals surface area (Å²) in [5.41, 5.74) is 0.258. The molecule has 0 radical (unpaired) electrons. The van der Waals surface area contributed by atoms with Crippen LogP contribution in [0.25, 0.3) is 0 Å². The molecular weight excluding hydrogens is 231 g/mol. The molecule has 2 aliphatic rings. The summed E-state index contributed by atoms with van der Waals surface area (Å²) < 4.78 is 6.23. The Balaban J connectivity index is 1.81. The summed E-state index contributed by atoms with van der Waals surface area (Å²) in [6, 6.07) is 0. The molecule has 2 fully saturated rings. The van der Waals surface area contributed by atoms with Crippen LogP contribution >= 0.6 is 23.2 Å². The highest BCUT2D eigenvalue weighted by Crippen LogP contribution is 2.44. The molecule has 1 aliphatic heterocycles. The van der Waals surface area contributed by atoms with Crippen LogP contribution in [0, 0.1) is 5.92 Å². The van der Waals surface area contributed by atoms with E-state index in [9.17, 15) is 0 Å². The summed E-state index contributed by atoms with van der Waals surface area (Å²) >= 11 is 11.7. The minimum Gasteiger partial charge on any atom is -0.372 e. The lowest BCUT2D eigenvalue weighted by Crippen LogP contribution is -2.26. The van der Waals surface area contributed by atoms with Crippen molar-refractivity contribution in [1.29, 1.82) is 0 Å². The first-order valence-corrected chi connectivity index (χ1v) is 7.15. The SMILES string of the molecule is ClCC(CCl)CC1CCC2(CCCC2)O1. The second-order valence-corrected chi connectivity index (χ2v) is 5.70. The lowest BCUT2D eigenvalue weighted by Gasteiger charge is -2.25. The quantitative estimate of drug-likeness (QED) is 0.687. The summed E-state index contributed by atoms with van der Waals surface area (Å²) in [5, 5.41) is 0. The van der Waals surface area contributed by atoms with Gasteiger partial charge in [-0.15, -0.1) is 23.2 Å². The van der Waals surface area contributed by atoms with E-state index in [0.29, 0.717) is 23.8 Å². The standard InChI is InChI=1S/C12H20Cl2O/c13-8-10(9-14)7-11-3-6-12(15-11)4-1-2-5-12/h10-11H,1-9H2. The molecule has 1 nitrogen and oxygen atoms in total. The van der Waals surface area contributed by atoms with Gasteiger partial charge < -0.3 is 4.74 Å². The molecule has 0 N–H and O–H groups in total. The third-order valence-electron chi connectivity index (χ3n) is 3.89. The molecule has 1 atom stereocenters. The topological polar surface area (TPSA) is 9.23 Å². The van der Waals surface area contributed by atoms with Crippen LogP contribution in [-0.4, -0.2) is 23.5 Å². The minimum absolute atomic E-state index is 0.258. The highest BCUT2D eigenvalue weighted by Gasteiger charge is 2.42. The van der Waals surface area contributed by atoms with E-state index in [1.807, 2.05) is 0 Å². The van der Waals surface area contributed by atoms with Crippen LogP contribution in [0.5, 0.6) is 0 Å². The average molecular weight is 251 g/mol. The lowest BCUT2D eigenvalue weighted by molar-refractivity contribution is -0.0424. The van der Waals surface area contributed by atoms with E-state index in [1.54, 1.807) is 0 Å². The van der Waals surface area contributed by atoms with Crippen molar-refractivity contribution in [2.45, 2.75) is 56.7 Å². The van der Waals surface area contributed by atoms with Crippen molar-refractivity contribution in [3.8, 4) is 0 Å². The predicted molar refractivity (Wildman–Crippen MR) is 64.9 cm³/mol. The highest BCUT2D eigenvalue weighted by molar-refractivity contribution is 6.20. The Bertz CT molecular complexity index is 198.